The lowest BCUT2D eigenvalue weighted by Crippen LogP contribution is -2.44. The van der Waals surface area contributed by atoms with Crippen molar-refractivity contribution >= 4 is 22.3 Å². The molecule has 1 aromatic carbocycles. The van der Waals surface area contributed by atoms with Gasteiger partial charge in [-0.25, -0.2) is 9.97 Å². The molecule has 2 aromatic rings. The van der Waals surface area contributed by atoms with Gasteiger partial charge in [-0.1, -0.05) is 18.2 Å². The van der Waals surface area contributed by atoms with Gasteiger partial charge in [-0.15, -0.1) is 0 Å². The smallest absolute Gasteiger partial charge is 0.165 e. The quantitative estimate of drug-likeness (QED) is 0.883. The zero-order chi connectivity index (χ0) is 17.2. The van der Waals surface area contributed by atoms with Crippen molar-refractivity contribution in [2.45, 2.75) is 13.3 Å². The van der Waals surface area contributed by atoms with E-state index in [1.807, 2.05) is 18.2 Å². The predicted molar refractivity (Wildman–Crippen MR) is 102 cm³/mol. The normalized spacial score (nSPS) is 18.0. The number of anilines is 1. The maximum atomic E-state index is 10.4. The number of nitrogens with zero attached hydrogens (tertiary/aromatic N) is 3. The Hall–Kier alpha value is -2.66. The maximum Gasteiger partial charge on any atom is 0.165 e. The molecule has 0 radical (unpaired) electrons. The molecular formula is C20H22N4O. The summed E-state index contributed by atoms with van der Waals surface area (Å²) in [7, 11) is 0. The van der Waals surface area contributed by atoms with Crippen molar-refractivity contribution in [1.82, 2.24) is 15.3 Å². The standard InChI is InChI=1S/C20H22N4O/c1-14-7-8-15-17(13-14)22-19(16-5-3-2-4-6-18(16)25)23-20(15)24-11-9-21-10-12-24/h2-3,5-8,13,21,25H,4,9-12H2,1H3. The summed E-state index contributed by atoms with van der Waals surface area (Å²) < 4.78 is 0. The Morgan fingerprint density at radius 1 is 1.16 bits per heavy atom. The predicted octanol–water partition coefficient (Wildman–Crippen LogP) is 3.13. The Balaban J connectivity index is 1.90. The summed E-state index contributed by atoms with van der Waals surface area (Å²) in [6.07, 6.45) is 8.35. The summed E-state index contributed by atoms with van der Waals surface area (Å²) in [6.45, 7) is 5.80. The Morgan fingerprint density at radius 3 is 2.84 bits per heavy atom. The molecule has 1 fully saturated rings. The molecule has 5 nitrogen and oxygen atoms in total. The molecule has 5 heteroatoms. The third-order valence-electron chi connectivity index (χ3n) is 4.61. The lowest BCUT2D eigenvalue weighted by atomic mass is 10.1. The molecule has 1 aliphatic carbocycles. The van der Waals surface area contributed by atoms with Gasteiger partial charge in [-0.3, -0.25) is 0 Å². The van der Waals surface area contributed by atoms with E-state index < -0.39 is 0 Å². The van der Waals surface area contributed by atoms with Gasteiger partial charge >= 0.3 is 0 Å². The molecule has 4 rings (SSSR count). The minimum atomic E-state index is 0.239. The lowest BCUT2D eigenvalue weighted by molar-refractivity contribution is 0.435. The monoisotopic (exact) mass is 334 g/mol. The summed E-state index contributed by atoms with van der Waals surface area (Å²) >= 11 is 0. The average molecular weight is 334 g/mol. The molecule has 1 saturated heterocycles. The van der Waals surface area contributed by atoms with Crippen LogP contribution >= 0.6 is 0 Å². The van der Waals surface area contributed by atoms with Crippen LogP contribution < -0.4 is 10.2 Å². The third-order valence-corrected chi connectivity index (χ3v) is 4.61. The van der Waals surface area contributed by atoms with Crippen molar-refractivity contribution in [2.24, 2.45) is 0 Å². The molecule has 1 aromatic heterocycles. The molecule has 2 N–H and O–H groups in total. The van der Waals surface area contributed by atoms with E-state index in [0.717, 1.165) is 48.5 Å². The van der Waals surface area contributed by atoms with Crippen LogP contribution in [0.2, 0.25) is 0 Å². The molecule has 0 bridgehead atoms. The Kier molecular flexibility index (Phi) is 4.24. The fourth-order valence-electron chi connectivity index (χ4n) is 3.27. The Bertz CT molecular complexity index is 892. The number of allylic oxidation sites excluding steroid dienone is 5. The van der Waals surface area contributed by atoms with E-state index in [-0.39, 0.29) is 5.76 Å². The first kappa shape index (κ1) is 15.8. The van der Waals surface area contributed by atoms with Crippen LogP contribution in [0, 0.1) is 6.92 Å². The van der Waals surface area contributed by atoms with Crippen molar-refractivity contribution in [3.05, 3.63) is 59.7 Å². The molecule has 2 heterocycles. The van der Waals surface area contributed by atoms with Gasteiger partial charge in [0.1, 0.15) is 11.6 Å². The summed E-state index contributed by atoms with van der Waals surface area (Å²) in [5.41, 5.74) is 2.76. The van der Waals surface area contributed by atoms with Crippen LogP contribution in [-0.4, -0.2) is 41.3 Å². The number of rotatable bonds is 2. The molecule has 0 unspecified atom stereocenters. The highest BCUT2D eigenvalue weighted by Gasteiger charge is 2.19. The van der Waals surface area contributed by atoms with E-state index in [0.29, 0.717) is 17.8 Å². The molecule has 2 aliphatic rings. The number of piperazine rings is 1. The van der Waals surface area contributed by atoms with Gasteiger partial charge in [0, 0.05) is 31.6 Å². The number of aliphatic hydroxyl groups is 1. The summed E-state index contributed by atoms with van der Waals surface area (Å²) in [5, 5.41) is 14.8. The number of aromatic nitrogens is 2. The van der Waals surface area contributed by atoms with Crippen molar-refractivity contribution in [3.8, 4) is 0 Å². The molecule has 0 spiro atoms. The average Bonchev–Trinajstić information content (AvgIpc) is 2.85. The number of benzene rings is 1. The van der Waals surface area contributed by atoms with Gasteiger partial charge in [-0.2, -0.15) is 0 Å². The lowest BCUT2D eigenvalue weighted by Gasteiger charge is -2.29. The largest absolute Gasteiger partial charge is 0.508 e. The van der Waals surface area contributed by atoms with Gasteiger partial charge in [0.05, 0.1) is 11.1 Å². The summed E-state index contributed by atoms with van der Waals surface area (Å²) in [4.78, 5) is 11.9. The number of hydrogen-bond acceptors (Lipinski definition) is 5. The molecule has 25 heavy (non-hydrogen) atoms. The number of aliphatic hydroxyl groups excluding tert-OH is 1. The second-order valence-electron chi connectivity index (χ2n) is 6.46. The number of fused-ring (bicyclic) bond motifs is 1. The second-order valence-corrected chi connectivity index (χ2v) is 6.46. The minimum Gasteiger partial charge on any atom is -0.508 e. The van der Waals surface area contributed by atoms with E-state index in [2.05, 4.69) is 35.3 Å². The number of aryl methyl sites for hydroxylation is 1. The highest BCUT2D eigenvalue weighted by Crippen LogP contribution is 2.29. The molecule has 128 valence electrons. The van der Waals surface area contributed by atoms with E-state index in [1.165, 1.54) is 0 Å². The van der Waals surface area contributed by atoms with Crippen molar-refractivity contribution < 1.29 is 5.11 Å². The highest BCUT2D eigenvalue weighted by atomic mass is 16.3. The van der Waals surface area contributed by atoms with Crippen LogP contribution in [0.15, 0.2) is 48.3 Å². The Morgan fingerprint density at radius 2 is 2.00 bits per heavy atom. The van der Waals surface area contributed by atoms with Crippen LogP contribution in [0.3, 0.4) is 0 Å². The first-order valence-electron chi connectivity index (χ1n) is 8.73. The fourth-order valence-corrected chi connectivity index (χ4v) is 3.27. The molecule has 0 amide bonds. The minimum absolute atomic E-state index is 0.239. The van der Waals surface area contributed by atoms with Crippen LogP contribution in [-0.2, 0) is 0 Å². The zero-order valence-corrected chi connectivity index (χ0v) is 14.4. The van der Waals surface area contributed by atoms with E-state index in [4.69, 9.17) is 9.97 Å². The van der Waals surface area contributed by atoms with Gasteiger partial charge in [-0.05, 0) is 43.2 Å². The summed E-state index contributed by atoms with van der Waals surface area (Å²) in [6, 6.07) is 6.28. The third kappa shape index (κ3) is 3.15. The zero-order valence-electron chi connectivity index (χ0n) is 14.4. The van der Waals surface area contributed by atoms with Crippen molar-refractivity contribution in [3.63, 3.8) is 0 Å². The second kappa shape index (κ2) is 6.69. The summed E-state index contributed by atoms with van der Waals surface area (Å²) in [5.74, 6) is 1.76. The number of nitrogens with one attached hydrogen (secondary N) is 1. The maximum absolute atomic E-state index is 10.4. The van der Waals surface area contributed by atoms with Gasteiger partial charge < -0.3 is 15.3 Å². The molecule has 0 atom stereocenters. The SMILES string of the molecule is Cc1ccc2c(N3CCNCC3)nc(C3=CC=CCC=C3O)nc2c1. The van der Waals surface area contributed by atoms with Crippen LogP contribution in [0.4, 0.5) is 5.82 Å². The van der Waals surface area contributed by atoms with Crippen molar-refractivity contribution in [1.29, 1.82) is 0 Å². The van der Waals surface area contributed by atoms with Crippen LogP contribution in [0.1, 0.15) is 17.8 Å². The van der Waals surface area contributed by atoms with Gasteiger partial charge in [0.2, 0.25) is 0 Å². The van der Waals surface area contributed by atoms with Gasteiger partial charge in [0.15, 0.2) is 5.82 Å². The van der Waals surface area contributed by atoms with Crippen LogP contribution in [0.5, 0.6) is 0 Å². The van der Waals surface area contributed by atoms with Crippen LogP contribution in [0.25, 0.3) is 16.5 Å². The topological polar surface area (TPSA) is 61.3 Å². The van der Waals surface area contributed by atoms with Crippen molar-refractivity contribution in [2.75, 3.05) is 31.1 Å². The first-order valence-corrected chi connectivity index (χ1v) is 8.73. The molecular weight excluding hydrogens is 312 g/mol. The highest BCUT2D eigenvalue weighted by molar-refractivity contribution is 5.92. The van der Waals surface area contributed by atoms with E-state index >= 15 is 0 Å². The van der Waals surface area contributed by atoms with E-state index in [9.17, 15) is 5.11 Å². The first-order chi connectivity index (χ1) is 12.2. The number of hydrogen-bond donors (Lipinski definition) is 2. The van der Waals surface area contributed by atoms with Gasteiger partial charge in [0.25, 0.3) is 0 Å². The molecule has 0 saturated carbocycles. The fraction of sp³-hybridized carbons (Fsp3) is 0.300. The van der Waals surface area contributed by atoms with E-state index in [1.54, 1.807) is 6.08 Å². The molecule has 1 aliphatic heterocycles. The Labute approximate surface area is 147 Å².